The summed E-state index contributed by atoms with van der Waals surface area (Å²) in [6.07, 6.45) is 5.35. The van der Waals surface area contributed by atoms with E-state index in [1.165, 1.54) is 0 Å². The number of hydrogen-bond acceptors (Lipinski definition) is 3. The normalized spacial score (nSPS) is 11.5. The molecule has 0 fully saturated rings. The van der Waals surface area contributed by atoms with Crippen molar-refractivity contribution in [1.29, 1.82) is 0 Å². The Morgan fingerprint density at radius 2 is 1.94 bits per heavy atom. The van der Waals surface area contributed by atoms with Crippen LogP contribution >= 0.6 is 0 Å². The molecule has 0 aliphatic heterocycles. The van der Waals surface area contributed by atoms with Crippen molar-refractivity contribution in [3.63, 3.8) is 0 Å². The van der Waals surface area contributed by atoms with Gasteiger partial charge in [0.15, 0.2) is 5.76 Å². The van der Waals surface area contributed by atoms with Crippen LogP contribution in [-0.4, -0.2) is 5.16 Å². The number of hydrogen-bond donors (Lipinski definition) is 0. The second-order valence-corrected chi connectivity index (χ2v) is 3.41. The average Bonchev–Trinajstić information content (AvgIpc) is 2.96. The van der Waals surface area contributed by atoms with E-state index in [2.05, 4.69) is 5.16 Å². The molecule has 1 aromatic carbocycles. The number of aromatic nitrogens is 1. The van der Waals surface area contributed by atoms with Crippen LogP contribution < -0.4 is 0 Å². The molecule has 78 valence electrons. The van der Waals surface area contributed by atoms with Gasteiger partial charge < -0.3 is 8.94 Å². The van der Waals surface area contributed by atoms with Crippen LogP contribution in [0.15, 0.2) is 51.6 Å². The Balaban J connectivity index is 2.01. The minimum Gasteiger partial charge on any atom is -0.465 e. The Kier molecular flexibility index (Phi) is 2.07. The minimum absolute atomic E-state index is 0.743. The summed E-state index contributed by atoms with van der Waals surface area (Å²) in [6.45, 7) is 0. The van der Waals surface area contributed by atoms with Gasteiger partial charge in [0.05, 0.1) is 6.26 Å². The van der Waals surface area contributed by atoms with Crippen LogP contribution in [0.1, 0.15) is 11.5 Å². The maximum atomic E-state index is 5.23. The summed E-state index contributed by atoms with van der Waals surface area (Å²) in [5.41, 5.74) is 0.863. The van der Waals surface area contributed by atoms with E-state index in [-0.39, 0.29) is 0 Å². The summed E-state index contributed by atoms with van der Waals surface area (Å²) in [5, 5.41) is 4.97. The first-order valence-electron chi connectivity index (χ1n) is 4.99. The smallest absolute Gasteiger partial charge is 0.167 e. The maximum Gasteiger partial charge on any atom is 0.167 e. The van der Waals surface area contributed by atoms with Crippen molar-refractivity contribution in [2.75, 3.05) is 0 Å². The number of nitrogens with zero attached hydrogens (tertiary/aromatic N) is 1. The average molecular weight is 211 g/mol. The third kappa shape index (κ3) is 1.52. The van der Waals surface area contributed by atoms with E-state index >= 15 is 0 Å². The van der Waals surface area contributed by atoms with Gasteiger partial charge in [0, 0.05) is 5.39 Å². The highest BCUT2D eigenvalue weighted by molar-refractivity contribution is 5.87. The molecule has 0 N–H and O–H groups in total. The second kappa shape index (κ2) is 3.70. The van der Waals surface area contributed by atoms with Gasteiger partial charge in [-0.05, 0) is 36.4 Å². The standard InChI is InChI=1S/C13H9NO2/c1-2-6-12-11(5-1)13(16-14-12)8-7-10-4-3-9-15-10/h1-9H/b8-7+. The van der Waals surface area contributed by atoms with Crippen LogP contribution in [0.5, 0.6) is 0 Å². The van der Waals surface area contributed by atoms with E-state index in [1.807, 2.05) is 48.6 Å². The number of fused-ring (bicyclic) bond motifs is 1. The molecule has 0 amide bonds. The summed E-state index contributed by atoms with van der Waals surface area (Å²) < 4.78 is 10.4. The Morgan fingerprint density at radius 1 is 1.00 bits per heavy atom. The molecule has 16 heavy (non-hydrogen) atoms. The molecule has 0 saturated heterocycles. The zero-order valence-electron chi connectivity index (χ0n) is 8.46. The van der Waals surface area contributed by atoms with Crippen molar-refractivity contribution < 1.29 is 8.94 Å². The van der Waals surface area contributed by atoms with E-state index in [1.54, 1.807) is 6.26 Å². The number of furan rings is 1. The van der Waals surface area contributed by atoms with Crippen molar-refractivity contribution in [2.24, 2.45) is 0 Å². The predicted molar refractivity (Wildman–Crippen MR) is 61.6 cm³/mol. The number of benzene rings is 1. The van der Waals surface area contributed by atoms with Gasteiger partial charge in [0.1, 0.15) is 11.3 Å². The fourth-order valence-corrected chi connectivity index (χ4v) is 1.57. The minimum atomic E-state index is 0.743. The first kappa shape index (κ1) is 8.97. The molecule has 0 bridgehead atoms. The van der Waals surface area contributed by atoms with Crippen molar-refractivity contribution in [3.8, 4) is 0 Å². The van der Waals surface area contributed by atoms with Gasteiger partial charge in [-0.1, -0.05) is 17.3 Å². The lowest BCUT2D eigenvalue weighted by Crippen LogP contribution is -1.67. The fourth-order valence-electron chi connectivity index (χ4n) is 1.57. The van der Waals surface area contributed by atoms with Crippen LogP contribution in [0, 0.1) is 0 Å². The highest BCUT2D eigenvalue weighted by atomic mass is 16.5. The third-order valence-corrected chi connectivity index (χ3v) is 2.35. The maximum absolute atomic E-state index is 5.23. The van der Waals surface area contributed by atoms with E-state index in [9.17, 15) is 0 Å². The van der Waals surface area contributed by atoms with Gasteiger partial charge >= 0.3 is 0 Å². The molecule has 3 aromatic rings. The molecule has 0 spiro atoms. The molecular formula is C13H9NO2. The molecule has 0 aliphatic carbocycles. The van der Waals surface area contributed by atoms with E-state index < -0.39 is 0 Å². The van der Waals surface area contributed by atoms with Crippen LogP contribution in [0.4, 0.5) is 0 Å². The highest BCUT2D eigenvalue weighted by Gasteiger charge is 2.03. The molecule has 3 heteroatoms. The van der Waals surface area contributed by atoms with Gasteiger partial charge in [-0.25, -0.2) is 0 Å². The lowest BCUT2D eigenvalue weighted by Gasteiger charge is -1.86. The van der Waals surface area contributed by atoms with Crippen molar-refractivity contribution in [3.05, 3.63) is 54.2 Å². The van der Waals surface area contributed by atoms with Gasteiger partial charge in [-0.2, -0.15) is 0 Å². The molecule has 0 aliphatic rings. The van der Waals surface area contributed by atoms with Gasteiger partial charge in [-0.15, -0.1) is 0 Å². The van der Waals surface area contributed by atoms with Gasteiger partial charge in [0.25, 0.3) is 0 Å². The molecular weight excluding hydrogens is 202 g/mol. The summed E-state index contributed by atoms with van der Waals surface area (Å²) in [6, 6.07) is 11.5. The lowest BCUT2D eigenvalue weighted by atomic mass is 10.2. The molecule has 3 rings (SSSR count). The quantitative estimate of drug-likeness (QED) is 0.650. The van der Waals surface area contributed by atoms with E-state index in [4.69, 9.17) is 8.94 Å². The van der Waals surface area contributed by atoms with E-state index in [0.29, 0.717) is 0 Å². The van der Waals surface area contributed by atoms with Crippen molar-refractivity contribution in [1.82, 2.24) is 5.16 Å². The van der Waals surface area contributed by atoms with Gasteiger partial charge in [0.2, 0.25) is 0 Å². The third-order valence-electron chi connectivity index (χ3n) is 2.35. The fraction of sp³-hybridized carbons (Fsp3) is 0. The largest absolute Gasteiger partial charge is 0.465 e. The molecule has 0 unspecified atom stereocenters. The molecule has 2 heterocycles. The molecule has 3 nitrogen and oxygen atoms in total. The summed E-state index contributed by atoms with van der Waals surface area (Å²) >= 11 is 0. The summed E-state index contributed by atoms with van der Waals surface area (Å²) in [4.78, 5) is 0. The topological polar surface area (TPSA) is 39.2 Å². The highest BCUT2D eigenvalue weighted by Crippen LogP contribution is 2.19. The van der Waals surface area contributed by atoms with Crippen LogP contribution in [0.25, 0.3) is 23.1 Å². The first-order valence-corrected chi connectivity index (χ1v) is 4.99. The predicted octanol–water partition coefficient (Wildman–Crippen LogP) is 3.59. The second-order valence-electron chi connectivity index (χ2n) is 3.41. The number of rotatable bonds is 2. The van der Waals surface area contributed by atoms with Gasteiger partial charge in [-0.3, -0.25) is 0 Å². The van der Waals surface area contributed by atoms with Crippen LogP contribution in [0.2, 0.25) is 0 Å². The Morgan fingerprint density at radius 3 is 2.81 bits per heavy atom. The lowest BCUT2D eigenvalue weighted by molar-refractivity contribution is 0.421. The summed E-state index contributed by atoms with van der Waals surface area (Å²) in [7, 11) is 0. The van der Waals surface area contributed by atoms with Crippen molar-refractivity contribution in [2.45, 2.75) is 0 Å². The molecule has 0 saturated carbocycles. The Bertz CT molecular complexity index is 620. The van der Waals surface area contributed by atoms with Crippen LogP contribution in [0.3, 0.4) is 0 Å². The Hall–Kier alpha value is -2.29. The monoisotopic (exact) mass is 211 g/mol. The molecule has 0 radical (unpaired) electrons. The van der Waals surface area contributed by atoms with Crippen molar-refractivity contribution >= 4 is 23.1 Å². The zero-order valence-corrected chi connectivity index (χ0v) is 8.46. The SMILES string of the molecule is C(=C\c1onc2ccccc12)/c1ccco1. The van der Waals surface area contributed by atoms with E-state index in [0.717, 1.165) is 22.4 Å². The summed E-state index contributed by atoms with van der Waals surface area (Å²) in [5.74, 6) is 1.53. The van der Waals surface area contributed by atoms with Crippen LogP contribution in [-0.2, 0) is 0 Å². The zero-order chi connectivity index (χ0) is 10.8. The Labute approximate surface area is 92.0 Å². The molecule has 2 aromatic heterocycles. The first-order chi connectivity index (χ1) is 7.93. The molecule has 0 atom stereocenters.